The van der Waals surface area contributed by atoms with Gasteiger partial charge < -0.3 is 15.8 Å². The molecule has 0 radical (unpaired) electrons. The van der Waals surface area contributed by atoms with Crippen LogP contribution in [-0.2, 0) is 11.2 Å². The first-order valence-corrected chi connectivity index (χ1v) is 6.53. The molecule has 1 fully saturated rings. The Hall–Kier alpha value is -1.73. The minimum Gasteiger partial charge on any atom is -0.398 e. The van der Waals surface area contributed by atoms with Crippen molar-refractivity contribution in [3.8, 4) is 6.07 Å². The van der Waals surface area contributed by atoms with Crippen molar-refractivity contribution in [2.75, 3.05) is 18.2 Å². The van der Waals surface area contributed by atoms with Crippen molar-refractivity contribution < 1.29 is 4.74 Å². The minimum atomic E-state index is 0.117. The summed E-state index contributed by atoms with van der Waals surface area (Å²) in [5, 5.41) is 12.3. The molecule has 0 saturated heterocycles. The molecular formula is C15H21N3O. The van der Waals surface area contributed by atoms with Gasteiger partial charge in [0.15, 0.2) is 0 Å². The van der Waals surface area contributed by atoms with E-state index in [1.54, 1.807) is 7.11 Å². The smallest absolute Gasteiger partial charge is 0.0670 e. The molecule has 2 rings (SSSR count). The predicted molar refractivity (Wildman–Crippen MR) is 76.8 cm³/mol. The highest BCUT2D eigenvalue weighted by molar-refractivity contribution is 5.58. The average Bonchev–Trinajstić information content (AvgIpc) is 2.38. The van der Waals surface area contributed by atoms with Crippen LogP contribution >= 0.6 is 0 Å². The largest absolute Gasteiger partial charge is 0.398 e. The number of nitrogens with one attached hydrogen (secondary N) is 1. The lowest BCUT2D eigenvalue weighted by Gasteiger charge is -2.51. The third-order valence-corrected chi connectivity index (χ3v) is 4.22. The van der Waals surface area contributed by atoms with Gasteiger partial charge in [-0.2, -0.15) is 5.26 Å². The van der Waals surface area contributed by atoms with Gasteiger partial charge in [-0.15, -0.1) is 0 Å². The number of hydrogen-bond acceptors (Lipinski definition) is 4. The van der Waals surface area contributed by atoms with Crippen molar-refractivity contribution >= 4 is 11.4 Å². The number of ether oxygens (including phenoxy) is 1. The molecule has 1 aromatic carbocycles. The van der Waals surface area contributed by atoms with Crippen LogP contribution in [-0.4, -0.2) is 19.3 Å². The van der Waals surface area contributed by atoms with E-state index in [9.17, 15) is 0 Å². The molecule has 2 atom stereocenters. The van der Waals surface area contributed by atoms with E-state index in [0.717, 1.165) is 17.7 Å². The van der Waals surface area contributed by atoms with E-state index < -0.39 is 0 Å². The first-order valence-electron chi connectivity index (χ1n) is 6.53. The quantitative estimate of drug-likeness (QED) is 0.815. The Morgan fingerprint density at radius 1 is 1.53 bits per heavy atom. The topological polar surface area (TPSA) is 71.1 Å². The molecule has 0 bridgehead atoms. The molecule has 3 N–H and O–H groups in total. The highest BCUT2D eigenvalue weighted by atomic mass is 16.5. The normalized spacial score (nSPS) is 24.3. The van der Waals surface area contributed by atoms with Crippen LogP contribution < -0.4 is 11.1 Å². The number of anilines is 2. The first-order chi connectivity index (χ1) is 8.98. The number of rotatable bonds is 4. The van der Waals surface area contributed by atoms with Crippen LogP contribution in [0.2, 0.25) is 0 Å². The highest BCUT2D eigenvalue weighted by Crippen LogP contribution is 2.44. The maximum absolute atomic E-state index is 8.78. The summed E-state index contributed by atoms with van der Waals surface area (Å²) in [6, 6.07) is 8.31. The molecule has 2 unspecified atom stereocenters. The maximum atomic E-state index is 8.78. The number of methoxy groups -OCH3 is 1. The van der Waals surface area contributed by atoms with Crippen LogP contribution in [0.25, 0.3) is 0 Å². The van der Waals surface area contributed by atoms with E-state index in [0.29, 0.717) is 24.3 Å². The van der Waals surface area contributed by atoms with E-state index in [2.05, 4.69) is 25.2 Å². The van der Waals surface area contributed by atoms with E-state index in [1.807, 2.05) is 18.2 Å². The van der Waals surface area contributed by atoms with Crippen LogP contribution in [0.3, 0.4) is 0 Å². The zero-order valence-corrected chi connectivity index (χ0v) is 11.7. The number of nitriles is 1. The molecule has 19 heavy (non-hydrogen) atoms. The van der Waals surface area contributed by atoms with Crippen LogP contribution in [0.5, 0.6) is 0 Å². The lowest BCUT2D eigenvalue weighted by Crippen LogP contribution is -2.57. The van der Waals surface area contributed by atoms with Crippen molar-refractivity contribution in [1.82, 2.24) is 0 Å². The Labute approximate surface area is 114 Å². The van der Waals surface area contributed by atoms with Crippen LogP contribution in [0, 0.1) is 16.7 Å². The zero-order chi connectivity index (χ0) is 14.0. The van der Waals surface area contributed by atoms with Crippen molar-refractivity contribution in [3.05, 3.63) is 23.8 Å². The molecule has 4 heteroatoms. The molecule has 1 saturated carbocycles. The predicted octanol–water partition coefficient (Wildman–Crippen LogP) is 2.56. The Kier molecular flexibility index (Phi) is 3.68. The van der Waals surface area contributed by atoms with Gasteiger partial charge in [0, 0.05) is 29.9 Å². The zero-order valence-electron chi connectivity index (χ0n) is 11.7. The number of nitrogens with zero attached hydrogens (tertiary/aromatic N) is 1. The van der Waals surface area contributed by atoms with E-state index in [1.165, 1.54) is 0 Å². The fourth-order valence-electron chi connectivity index (χ4n) is 2.67. The second kappa shape index (κ2) is 5.10. The second-order valence-electron chi connectivity index (χ2n) is 5.73. The van der Waals surface area contributed by atoms with Gasteiger partial charge in [0.2, 0.25) is 0 Å². The number of hydrogen-bond donors (Lipinski definition) is 2. The summed E-state index contributed by atoms with van der Waals surface area (Å²) in [6.07, 6.45) is 1.65. The summed E-state index contributed by atoms with van der Waals surface area (Å²) in [6.45, 7) is 4.41. The van der Waals surface area contributed by atoms with Crippen molar-refractivity contribution in [2.24, 2.45) is 5.41 Å². The molecule has 0 aromatic heterocycles. The molecule has 0 amide bonds. The summed E-state index contributed by atoms with van der Waals surface area (Å²) in [7, 11) is 1.76. The summed E-state index contributed by atoms with van der Waals surface area (Å²) < 4.78 is 5.45. The van der Waals surface area contributed by atoms with E-state index >= 15 is 0 Å². The van der Waals surface area contributed by atoms with Gasteiger partial charge in [-0.1, -0.05) is 13.8 Å². The van der Waals surface area contributed by atoms with Crippen molar-refractivity contribution in [2.45, 2.75) is 38.8 Å². The summed E-state index contributed by atoms with van der Waals surface area (Å²) >= 11 is 0. The van der Waals surface area contributed by atoms with Gasteiger partial charge in [-0.05, 0) is 30.2 Å². The van der Waals surface area contributed by atoms with Gasteiger partial charge in [-0.3, -0.25) is 0 Å². The lowest BCUT2D eigenvalue weighted by molar-refractivity contribution is -0.0794. The molecular weight excluding hydrogens is 238 g/mol. The third kappa shape index (κ3) is 2.52. The molecule has 0 aliphatic heterocycles. The molecule has 102 valence electrons. The number of nitrogens with two attached hydrogens (primary N) is 1. The highest BCUT2D eigenvalue weighted by Gasteiger charge is 2.48. The third-order valence-electron chi connectivity index (χ3n) is 4.22. The fraction of sp³-hybridized carbons (Fsp3) is 0.533. The minimum absolute atomic E-state index is 0.117. The van der Waals surface area contributed by atoms with Crippen molar-refractivity contribution in [1.29, 1.82) is 5.26 Å². The Balaban J connectivity index is 2.09. The monoisotopic (exact) mass is 259 g/mol. The Morgan fingerprint density at radius 2 is 2.26 bits per heavy atom. The van der Waals surface area contributed by atoms with E-state index in [4.69, 9.17) is 15.7 Å². The molecule has 1 aromatic rings. The van der Waals surface area contributed by atoms with Crippen LogP contribution in [0.15, 0.2) is 18.2 Å². The molecule has 1 aliphatic rings. The van der Waals surface area contributed by atoms with Crippen LogP contribution in [0.1, 0.15) is 25.8 Å². The SMILES string of the molecule is COC1CC(Nc2ccc(N)c(CC#N)c2)C1(C)C. The van der Waals surface area contributed by atoms with Gasteiger partial charge in [0.1, 0.15) is 0 Å². The molecule has 4 nitrogen and oxygen atoms in total. The van der Waals surface area contributed by atoms with E-state index in [-0.39, 0.29) is 5.41 Å². The summed E-state index contributed by atoms with van der Waals surface area (Å²) in [4.78, 5) is 0. The molecule has 1 aliphatic carbocycles. The Morgan fingerprint density at radius 3 is 2.84 bits per heavy atom. The van der Waals surface area contributed by atoms with Crippen molar-refractivity contribution in [3.63, 3.8) is 0 Å². The summed E-state index contributed by atoms with van der Waals surface area (Å²) in [5.41, 5.74) is 8.55. The van der Waals surface area contributed by atoms with Crippen LogP contribution in [0.4, 0.5) is 11.4 Å². The standard InChI is InChI=1S/C15H21N3O/c1-15(2)13(9-14(15)19-3)18-11-4-5-12(17)10(8-11)6-7-16/h4-5,8,13-14,18H,6,9,17H2,1-3H3. The summed E-state index contributed by atoms with van der Waals surface area (Å²) in [5.74, 6) is 0. The first kappa shape index (κ1) is 13.7. The number of benzene rings is 1. The maximum Gasteiger partial charge on any atom is 0.0670 e. The molecule has 0 heterocycles. The lowest BCUT2D eigenvalue weighted by atomic mass is 9.64. The van der Waals surface area contributed by atoms with Gasteiger partial charge >= 0.3 is 0 Å². The molecule has 0 spiro atoms. The fourth-order valence-corrected chi connectivity index (χ4v) is 2.67. The van der Waals surface area contributed by atoms with Gasteiger partial charge in [-0.25, -0.2) is 0 Å². The Bertz CT molecular complexity index is 505. The number of nitrogen functional groups attached to an aromatic ring is 1. The van der Waals surface area contributed by atoms with Gasteiger partial charge in [0.05, 0.1) is 18.6 Å². The van der Waals surface area contributed by atoms with Gasteiger partial charge in [0.25, 0.3) is 0 Å². The second-order valence-corrected chi connectivity index (χ2v) is 5.73. The average molecular weight is 259 g/mol.